The van der Waals surface area contributed by atoms with Crippen molar-refractivity contribution >= 4 is 11.8 Å². The van der Waals surface area contributed by atoms with Gasteiger partial charge in [-0.15, -0.1) is 0 Å². The molecular weight excluding hydrogens is 360 g/mol. The van der Waals surface area contributed by atoms with Crippen LogP contribution in [0.3, 0.4) is 0 Å². The molecule has 4 rings (SSSR count). The zero-order chi connectivity index (χ0) is 19.7. The number of carbonyl (C=O) groups is 2. The van der Waals surface area contributed by atoms with E-state index in [0.717, 1.165) is 30.8 Å². The van der Waals surface area contributed by atoms with Crippen molar-refractivity contribution in [1.29, 1.82) is 0 Å². The van der Waals surface area contributed by atoms with Gasteiger partial charge in [-0.05, 0) is 38.7 Å². The van der Waals surface area contributed by atoms with Gasteiger partial charge in [0.05, 0.1) is 36.2 Å². The zero-order valence-corrected chi connectivity index (χ0v) is 16.4. The first-order valence-corrected chi connectivity index (χ1v) is 9.80. The van der Waals surface area contributed by atoms with Gasteiger partial charge in [-0.3, -0.25) is 14.3 Å². The van der Waals surface area contributed by atoms with Crippen molar-refractivity contribution in [3.05, 3.63) is 40.6 Å². The molecule has 0 aromatic carbocycles. The molecule has 1 N–H and O–H groups in total. The molecule has 8 heteroatoms. The molecule has 1 saturated heterocycles. The number of furan rings is 1. The molecule has 0 saturated carbocycles. The summed E-state index contributed by atoms with van der Waals surface area (Å²) in [6, 6.07) is 1.76. The molecule has 1 atom stereocenters. The van der Waals surface area contributed by atoms with Crippen LogP contribution in [0.5, 0.6) is 0 Å². The Kier molecular flexibility index (Phi) is 5.21. The zero-order valence-electron chi connectivity index (χ0n) is 16.4. The van der Waals surface area contributed by atoms with Gasteiger partial charge in [-0.1, -0.05) is 0 Å². The van der Waals surface area contributed by atoms with Crippen molar-refractivity contribution in [1.82, 2.24) is 20.0 Å². The van der Waals surface area contributed by atoms with Crippen LogP contribution in [-0.4, -0.2) is 59.3 Å². The van der Waals surface area contributed by atoms with Gasteiger partial charge in [-0.25, -0.2) is 0 Å². The molecule has 0 aliphatic carbocycles. The number of nitrogens with zero attached hydrogens (tertiary/aromatic N) is 3. The third-order valence-corrected chi connectivity index (χ3v) is 5.55. The van der Waals surface area contributed by atoms with Crippen LogP contribution in [0.1, 0.15) is 44.4 Å². The van der Waals surface area contributed by atoms with Gasteiger partial charge in [0.15, 0.2) is 0 Å². The van der Waals surface area contributed by atoms with Crippen molar-refractivity contribution in [2.24, 2.45) is 5.92 Å². The van der Waals surface area contributed by atoms with Crippen LogP contribution in [0.4, 0.5) is 0 Å². The van der Waals surface area contributed by atoms with E-state index in [1.54, 1.807) is 19.2 Å². The second kappa shape index (κ2) is 7.79. The average molecular weight is 386 g/mol. The molecule has 4 heterocycles. The molecule has 0 radical (unpaired) electrons. The van der Waals surface area contributed by atoms with Gasteiger partial charge in [0.25, 0.3) is 11.8 Å². The van der Waals surface area contributed by atoms with Gasteiger partial charge in [0, 0.05) is 26.2 Å². The van der Waals surface area contributed by atoms with Crippen molar-refractivity contribution in [3.8, 4) is 0 Å². The maximum Gasteiger partial charge on any atom is 0.257 e. The summed E-state index contributed by atoms with van der Waals surface area (Å²) in [7, 11) is 0. The number of carbonyl (C=O) groups excluding carboxylic acids is 2. The molecule has 0 spiro atoms. The summed E-state index contributed by atoms with van der Waals surface area (Å²) in [5, 5.41) is 7.42. The summed E-state index contributed by atoms with van der Waals surface area (Å²) in [5.41, 5.74) is 2.23. The SMILES string of the molecule is Cc1cc(C(=O)NC[C@H]2CCn3ncc(C(=O)N4CCOCC4)c3C2)c(C)o1. The number of hydrogen-bond acceptors (Lipinski definition) is 5. The highest BCUT2D eigenvalue weighted by molar-refractivity contribution is 5.96. The normalized spacial score (nSPS) is 19.4. The lowest BCUT2D eigenvalue weighted by Crippen LogP contribution is -2.41. The number of aryl methyl sites for hydroxylation is 3. The fourth-order valence-electron chi connectivity index (χ4n) is 3.98. The van der Waals surface area contributed by atoms with Crippen molar-refractivity contribution in [2.45, 2.75) is 33.2 Å². The summed E-state index contributed by atoms with van der Waals surface area (Å²) >= 11 is 0. The molecular formula is C20H26N4O4. The largest absolute Gasteiger partial charge is 0.466 e. The number of amides is 2. The highest BCUT2D eigenvalue weighted by Crippen LogP contribution is 2.24. The molecule has 8 nitrogen and oxygen atoms in total. The molecule has 0 bridgehead atoms. The highest BCUT2D eigenvalue weighted by atomic mass is 16.5. The van der Waals surface area contributed by atoms with Crippen LogP contribution in [0.2, 0.25) is 0 Å². The number of morpholine rings is 1. The van der Waals surface area contributed by atoms with E-state index in [1.165, 1.54) is 0 Å². The standard InChI is InChI=1S/C20H26N4O4/c1-13-9-16(14(2)28-13)19(25)21-11-15-3-4-24-18(10-15)17(12-22-24)20(26)23-5-7-27-8-6-23/h9,12,15H,3-8,10-11H2,1-2H3,(H,21,25)/t15-/m0/s1. The third kappa shape index (κ3) is 3.69. The maximum absolute atomic E-state index is 12.9. The van der Waals surface area contributed by atoms with E-state index in [1.807, 2.05) is 16.5 Å². The number of rotatable bonds is 4. The van der Waals surface area contributed by atoms with Gasteiger partial charge < -0.3 is 19.4 Å². The van der Waals surface area contributed by atoms with Gasteiger partial charge in [0.2, 0.25) is 0 Å². The Labute approximate surface area is 163 Å². The van der Waals surface area contributed by atoms with Gasteiger partial charge in [-0.2, -0.15) is 5.10 Å². The molecule has 28 heavy (non-hydrogen) atoms. The van der Waals surface area contributed by atoms with Crippen LogP contribution < -0.4 is 5.32 Å². The van der Waals surface area contributed by atoms with E-state index in [9.17, 15) is 9.59 Å². The molecule has 2 aliphatic rings. The minimum Gasteiger partial charge on any atom is -0.466 e. The van der Waals surface area contributed by atoms with Crippen LogP contribution in [0, 0.1) is 19.8 Å². The number of ether oxygens (including phenoxy) is 1. The highest BCUT2D eigenvalue weighted by Gasteiger charge is 2.28. The first kappa shape index (κ1) is 18.7. The van der Waals surface area contributed by atoms with E-state index in [2.05, 4.69) is 10.4 Å². The molecule has 0 unspecified atom stereocenters. The lowest BCUT2D eigenvalue weighted by molar-refractivity contribution is 0.0301. The molecule has 2 aromatic rings. The Morgan fingerprint density at radius 3 is 2.71 bits per heavy atom. The smallest absolute Gasteiger partial charge is 0.257 e. The summed E-state index contributed by atoms with van der Waals surface area (Å²) < 4.78 is 12.7. The lowest BCUT2D eigenvalue weighted by Gasteiger charge is -2.28. The van der Waals surface area contributed by atoms with E-state index < -0.39 is 0 Å². The van der Waals surface area contributed by atoms with Crippen molar-refractivity contribution in [2.75, 3.05) is 32.8 Å². The quantitative estimate of drug-likeness (QED) is 0.861. The van der Waals surface area contributed by atoms with E-state index in [0.29, 0.717) is 49.7 Å². The van der Waals surface area contributed by atoms with Crippen LogP contribution >= 0.6 is 0 Å². The third-order valence-electron chi connectivity index (χ3n) is 5.55. The van der Waals surface area contributed by atoms with E-state index in [-0.39, 0.29) is 17.7 Å². The molecule has 1 fully saturated rings. The Morgan fingerprint density at radius 1 is 1.21 bits per heavy atom. The van der Waals surface area contributed by atoms with E-state index >= 15 is 0 Å². The molecule has 150 valence electrons. The Balaban J connectivity index is 1.40. The van der Waals surface area contributed by atoms with Crippen molar-refractivity contribution < 1.29 is 18.7 Å². The number of fused-ring (bicyclic) bond motifs is 1. The minimum atomic E-state index is -0.113. The topological polar surface area (TPSA) is 89.6 Å². The predicted molar refractivity (Wildman–Crippen MR) is 101 cm³/mol. The first-order chi connectivity index (χ1) is 13.5. The lowest BCUT2D eigenvalue weighted by atomic mass is 9.94. The number of hydrogen-bond donors (Lipinski definition) is 1. The second-order valence-corrected chi connectivity index (χ2v) is 7.53. The fraction of sp³-hybridized carbons (Fsp3) is 0.550. The molecule has 2 aliphatic heterocycles. The van der Waals surface area contributed by atoms with Crippen LogP contribution in [0.25, 0.3) is 0 Å². The molecule has 2 amide bonds. The van der Waals surface area contributed by atoms with E-state index in [4.69, 9.17) is 9.15 Å². The van der Waals surface area contributed by atoms with Gasteiger partial charge >= 0.3 is 0 Å². The molecule has 2 aromatic heterocycles. The maximum atomic E-state index is 12.9. The summed E-state index contributed by atoms with van der Waals surface area (Å²) in [6.45, 7) is 7.35. The Morgan fingerprint density at radius 2 is 2.00 bits per heavy atom. The summed E-state index contributed by atoms with van der Waals surface area (Å²) in [6.07, 6.45) is 3.34. The number of aromatic nitrogens is 2. The van der Waals surface area contributed by atoms with Crippen LogP contribution in [0.15, 0.2) is 16.7 Å². The fourth-order valence-corrected chi connectivity index (χ4v) is 3.98. The summed E-state index contributed by atoms with van der Waals surface area (Å²) in [4.78, 5) is 27.1. The Hall–Kier alpha value is -2.61. The second-order valence-electron chi connectivity index (χ2n) is 7.53. The van der Waals surface area contributed by atoms with Gasteiger partial charge in [0.1, 0.15) is 11.5 Å². The monoisotopic (exact) mass is 386 g/mol. The first-order valence-electron chi connectivity index (χ1n) is 9.80. The average Bonchev–Trinajstić information content (AvgIpc) is 3.28. The number of nitrogens with one attached hydrogen (secondary N) is 1. The minimum absolute atomic E-state index is 0.0266. The predicted octanol–water partition coefficient (Wildman–Crippen LogP) is 1.56. The Bertz CT molecular complexity index is 879. The summed E-state index contributed by atoms with van der Waals surface area (Å²) in [5.74, 6) is 1.56. The van der Waals surface area contributed by atoms with Crippen LogP contribution in [-0.2, 0) is 17.7 Å². The van der Waals surface area contributed by atoms with Crippen molar-refractivity contribution in [3.63, 3.8) is 0 Å².